The molecule has 16 rings (SSSR count). The first-order valence-corrected chi connectivity index (χ1v) is 50.4. The SMILES string of the molecule is CC(C)[Si](C(C)C)(C(C)C)n1ccc(B2OC(C)(C)C(C)(C)O2)c1.COc1ccc(N2Cc3cnc(NCC(F)(F)F)nc3N(c3ccc(-c4cc[nH]c4)cc3)C2=O)cc1.COc1ccc(N2Cc3cnc(NCC(F)(F)F)nc3N(c3ccc(-c4ccn([Si](C(C)C)(C(C)C)C(C)C)c4)cc3)C2=O)cc1.COc1ccc(N2Cc3cnc(NCC(F)(F)F)nc3N(c3ccc(Br)cc3)C2=O)cc1. The molecule has 6 amide bonds. The minimum atomic E-state index is -4.45. The Hall–Kier alpha value is -12.7. The van der Waals surface area contributed by atoms with E-state index >= 15 is 0 Å². The number of urea groups is 3. The number of ether oxygens (including phenoxy) is 3. The highest BCUT2D eigenvalue weighted by Crippen LogP contribution is 2.48. The van der Waals surface area contributed by atoms with Crippen molar-refractivity contribution in [1.29, 1.82) is 0 Å². The number of methoxy groups -OCH3 is 3. The fourth-order valence-corrected chi connectivity index (χ4v) is 32.2. The van der Waals surface area contributed by atoms with Gasteiger partial charge < -0.3 is 52.9 Å². The number of hydrogen-bond donors (Lipinski definition) is 4. The Labute approximate surface area is 808 Å². The number of amides is 6. The van der Waals surface area contributed by atoms with E-state index in [0.717, 1.165) is 32.2 Å². The van der Waals surface area contributed by atoms with Crippen LogP contribution in [0.15, 0.2) is 224 Å². The van der Waals surface area contributed by atoms with Gasteiger partial charge in [0.1, 0.15) is 36.9 Å². The molecule has 4 aliphatic heterocycles. The largest absolute Gasteiger partial charge is 0.497 e. The summed E-state index contributed by atoms with van der Waals surface area (Å²) in [5, 5.41) is 6.59. The van der Waals surface area contributed by atoms with Gasteiger partial charge in [-0.2, -0.15) is 54.5 Å². The summed E-state index contributed by atoms with van der Waals surface area (Å²) in [4.78, 5) is 78.2. The lowest BCUT2D eigenvalue weighted by Gasteiger charge is -2.44. The van der Waals surface area contributed by atoms with Gasteiger partial charge in [0.25, 0.3) is 0 Å². The number of hydrogen-bond acceptors (Lipinski definition) is 17. The summed E-state index contributed by atoms with van der Waals surface area (Å²) < 4.78 is 149. The Balaban J connectivity index is 0.000000159. The minimum absolute atomic E-state index is 0.148. The second-order valence-electron chi connectivity index (χ2n) is 36.9. The zero-order chi connectivity index (χ0) is 100. The van der Waals surface area contributed by atoms with Crippen LogP contribution in [-0.2, 0) is 28.9 Å². The summed E-state index contributed by atoms with van der Waals surface area (Å²) >= 11 is 3.36. The number of fused-ring (bicyclic) bond motifs is 3. The molecule has 4 N–H and O–H groups in total. The van der Waals surface area contributed by atoms with Gasteiger partial charge in [0.15, 0.2) is 33.9 Å². The van der Waals surface area contributed by atoms with Gasteiger partial charge in [-0.3, -0.25) is 14.7 Å². The zero-order valence-electron chi connectivity index (χ0n) is 80.4. The maximum Gasteiger partial charge on any atom is 0.496 e. The number of aromatic nitrogens is 9. The lowest BCUT2D eigenvalue weighted by Crippen LogP contribution is -2.51. The molecule has 730 valence electrons. The molecule has 0 atom stereocenters. The van der Waals surface area contributed by atoms with Crippen LogP contribution in [0.5, 0.6) is 17.2 Å². The predicted octanol–water partition coefficient (Wildman–Crippen LogP) is 25.3. The molecule has 0 aliphatic carbocycles. The molecule has 1 fully saturated rings. The average molecular weight is 2000 g/mol. The van der Waals surface area contributed by atoms with Crippen molar-refractivity contribution in [3.05, 3.63) is 241 Å². The molecule has 0 spiro atoms. The lowest BCUT2D eigenvalue weighted by molar-refractivity contribution is -0.116. The van der Waals surface area contributed by atoms with Gasteiger partial charge >= 0.3 is 43.7 Å². The normalized spacial score (nSPS) is 14.9. The third-order valence-electron chi connectivity index (χ3n) is 25.9. The smallest absolute Gasteiger partial charge is 0.496 e. The van der Waals surface area contributed by atoms with Gasteiger partial charge in [-0.25, -0.2) is 44.0 Å². The van der Waals surface area contributed by atoms with Crippen LogP contribution in [0, 0.1) is 0 Å². The second kappa shape index (κ2) is 41.9. The Morgan fingerprint density at radius 2 is 0.703 bits per heavy atom. The Bertz CT molecular complexity index is 6120. The number of nitrogens with one attached hydrogen (secondary N) is 4. The molecule has 0 saturated carbocycles. The second-order valence-corrected chi connectivity index (χ2v) is 49.3. The van der Waals surface area contributed by atoms with Crippen LogP contribution in [0.1, 0.15) is 127 Å². The summed E-state index contributed by atoms with van der Waals surface area (Å²) in [6.07, 6.45) is 3.71. The fourth-order valence-electron chi connectivity index (χ4n) is 18.9. The number of aromatic amines is 1. The van der Waals surface area contributed by atoms with Crippen LogP contribution in [0.3, 0.4) is 0 Å². The van der Waals surface area contributed by atoms with E-state index in [9.17, 15) is 53.9 Å². The third kappa shape index (κ3) is 22.5. The standard InChI is InChI=1S/C34H41F3N6O2Si.C25H21F3N6O2.C21H17BrF3N5O2.C19H36BNO2Si/c1-22(2)46(23(3)4,24(5)6)41-17-16-26(19-41)25-8-10-29(11-9-25)43-31-27(18-38-32(40-31)39-21-34(35,36)37)20-42(33(43)44)28-12-14-30(45-7)15-13-28;1-36-21-8-6-19(7-9-21)33-14-18-13-30-23(31-15-25(26,27)28)32-22(18)34(24(33)35)20-4-2-16(3-5-20)17-10-11-29-12-17;1-32-17-8-6-15(7-9-17)29-11-13-10-26-19(27-12-21(23,24)25)28-18(13)30(20(29)31)16-4-2-14(22)3-5-16;1-14(2)24(15(3)4,16(5)6)21-12-11-17(13-21)20-22-18(7,8)19(9,10)23-20/h8-19,22-24H,20-21H2,1-7H3,(H,38,39,40);2-13,29H,14-15H2,1H3,(H,30,31,32);2-10H,11-12H2,1H3,(H,26,27,28);11-16H,1-10H3. The van der Waals surface area contributed by atoms with Gasteiger partial charge in [-0.05, 0) is 247 Å². The van der Waals surface area contributed by atoms with Crippen molar-refractivity contribution in [2.24, 2.45) is 0 Å². The van der Waals surface area contributed by atoms with Gasteiger partial charge in [-0.1, -0.05) is 123 Å². The van der Waals surface area contributed by atoms with Crippen molar-refractivity contribution in [3.63, 3.8) is 0 Å². The molecule has 4 aliphatic rings. The highest BCUT2D eigenvalue weighted by atomic mass is 79.9. The molecule has 39 heteroatoms. The van der Waals surface area contributed by atoms with Crippen LogP contribution in [0.4, 0.5) is 123 Å². The number of benzene rings is 6. The van der Waals surface area contributed by atoms with E-state index in [4.69, 9.17) is 23.5 Å². The van der Waals surface area contributed by atoms with E-state index in [0.29, 0.717) is 101 Å². The monoisotopic (exact) mass is 2000 g/mol. The van der Waals surface area contributed by atoms with E-state index in [1.54, 1.807) is 140 Å². The number of carbonyl (C=O) groups excluding carboxylic acids is 3. The number of nitrogens with zero attached hydrogens (tertiary/aromatic N) is 14. The summed E-state index contributed by atoms with van der Waals surface area (Å²) in [5.41, 5.74) is 13.4. The van der Waals surface area contributed by atoms with Gasteiger partial charge in [0.05, 0.1) is 69.2 Å². The first-order chi connectivity index (χ1) is 65.2. The molecule has 1 saturated heterocycles. The Morgan fingerprint density at radius 1 is 0.406 bits per heavy atom. The number of H-pyrrole nitrogens is 1. The third-order valence-corrected chi connectivity index (χ3v) is 39.9. The summed E-state index contributed by atoms with van der Waals surface area (Å²) in [6, 6.07) is 48.0. The molecule has 6 aromatic carbocycles. The minimum Gasteiger partial charge on any atom is -0.497 e. The fraction of sp³-hybridized carbons (Fsp3) is 0.364. The number of carbonyl (C=O) groups is 3. The molecule has 138 heavy (non-hydrogen) atoms. The van der Waals surface area contributed by atoms with Gasteiger partial charge in [0, 0.05) is 75.4 Å². The van der Waals surface area contributed by atoms with Crippen molar-refractivity contribution < 1.29 is 77.4 Å². The summed E-state index contributed by atoms with van der Waals surface area (Å²) in [6.45, 7) is 33.4. The van der Waals surface area contributed by atoms with Crippen molar-refractivity contribution in [2.75, 3.05) is 86.3 Å². The molecule has 10 heterocycles. The van der Waals surface area contributed by atoms with Crippen LogP contribution in [-0.4, -0.2) is 156 Å². The summed E-state index contributed by atoms with van der Waals surface area (Å²) in [5.74, 6) is 1.97. The highest BCUT2D eigenvalue weighted by Gasteiger charge is 2.54. The van der Waals surface area contributed by atoms with Crippen LogP contribution < -0.4 is 65.0 Å². The highest BCUT2D eigenvalue weighted by molar-refractivity contribution is 9.10. The summed E-state index contributed by atoms with van der Waals surface area (Å²) in [7, 11) is 0.788. The molecule has 12 aromatic rings. The Morgan fingerprint density at radius 3 is 1.00 bits per heavy atom. The molecule has 0 bridgehead atoms. The molecule has 26 nitrogen and oxygen atoms in total. The van der Waals surface area contributed by atoms with E-state index in [-0.39, 0.29) is 73.3 Å². The molecule has 6 aromatic heterocycles. The Kier molecular flexibility index (Phi) is 31.2. The molecular formula is C99H115BBrF9N18O8Si2. The number of halogens is 10. The molecule has 0 radical (unpaired) electrons. The first kappa shape index (κ1) is 103. The van der Waals surface area contributed by atoms with Crippen molar-refractivity contribution in [3.8, 4) is 39.5 Å². The van der Waals surface area contributed by atoms with Crippen molar-refractivity contribution >= 4 is 132 Å². The maximum atomic E-state index is 14.1. The number of anilines is 12. The quantitative estimate of drug-likeness (QED) is 0.0290. The topological polar surface area (TPSA) is 256 Å². The molecular weight excluding hydrogens is 1890 g/mol. The van der Waals surface area contributed by atoms with E-state index in [2.05, 4.69) is 223 Å². The number of rotatable bonds is 26. The van der Waals surface area contributed by atoms with Crippen LogP contribution in [0.2, 0.25) is 33.2 Å². The van der Waals surface area contributed by atoms with Crippen molar-refractivity contribution in [1.82, 2.24) is 43.4 Å². The maximum absolute atomic E-state index is 14.1. The average Bonchev–Trinajstić information content (AvgIpc) is 1.68. The van der Waals surface area contributed by atoms with E-state index < -0.39 is 72.7 Å². The molecule has 0 unspecified atom stereocenters. The zero-order valence-corrected chi connectivity index (χ0v) is 84.0. The van der Waals surface area contributed by atoms with Gasteiger partial charge in [0.2, 0.25) is 17.8 Å². The number of alkyl halides is 9. The van der Waals surface area contributed by atoms with E-state index in [1.807, 2.05) is 54.9 Å². The van der Waals surface area contributed by atoms with Gasteiger partial charge in [-0.15, -0.1) is 0 Å². The first-order valence-electron chi connectivity index (χ1n) is 45.3. The van der Waals surface area contributed by atoms with E-state index in [1.165, 1.54) is 38.2 Å². The van der Waals surface area contributed by atoms with Crippen molar-refractivity contribution in [2.45, 2.75) is 193 Å². The van der Waals surface area contributed by atoms with Crippen LogP contribution in [0.25, 0.3) is 22.3 Å². The predicted molar refractivity (Wildman–Crippen MR) is 533 cm³/mol. The van der Waals surface area contributed by atoms with Crippen LogP contribution >= 0.6 is 15.9 Å². The lowest BCUT2D eigenvalue weighted by atomic mass is 9.81.